The maximum atomic E-state index is 12.4. The maximum absolute atomic E-state index is 12.4. The average molecular weight is 393 g/mol. The molecule has 3 N–H and O–H groups in total. The Morgan fingerprint density at radius 3 is 2.52 bits per heavy atom. The Morgan fingerprint density at radius 1 is 1.07 bits per heavy atom. The van der Waals surface area contributed by atoms with Crippen LogP contribution in [0.4, 0.5) is 5.69 Å². The van der Waals surface area contributed by atoms with Crippen LogP contribution in [-0.2, 0) is 16.1 Å². The van der Waals surface area contributed by atoms with Crippen LogP contribution in [0.2, 0.25) is 0 Å². The minimum Gasteiger partial charge on any atom is -0.350 e. The molecule has 1 unspecified atom stereocenters. The number of hydrogen-bond acceptors (Lipinski definition) is 3. The predicted molar refractivity (Wildman–Crippen MR) is 112 cm³/mol. The summed E-state index contributed by atoms with van der Waals surface area (Å²) in [5.41, 5.74) is 3.12. The van der Waals surface area contributed by atoms with E-state index in [1.807, 2.05) is 43.3 Å². The maximum Gasteiger partial charge on any atom is 0.251 e. The summed E-state index contributed by atoms with van der Waals surface area (Å²) in [6, 6.07) is 14.0. The van der Waals surface area contributed by atoms with Gasteiger partial charge in [0.05, 0.1) is 0 Å². The molecule has 6 nitrogen and oxygen atoms in total. The molecule has 1 atom stereocenters. The fraction of sp³-hybridized carbons (Fsp3) is 0.348. The molecule has 0 radical (unpaired) electrons. The molecule has 1 saturated carbocycles. The minimum atomic E-state index is -0.662. The van der Waals surface area contributed by atoms with Crippen molar-refractivity contribution in [3.8, 4) is 0 Å². The quantitative estimate of drug-likeness (QED) is 0.675. The zero-order chi connectivity index (χ0) is 20.8. The summed E-state index contributed by atoms with van der Waals surface area (Å²) in [4.78, 5) is 36.7. The van der Waals surface area contributed by atoms with E-state index in [0.29, 0.717) is 12.1 Å². The number of aryl methyl sites for hydroxylation is 1. The van der Waals surface area contributed by atoms with Gasteiger partial charge in [-0.3, -0.25) is 14.4 Å². The number of nitrogens with one attached hydrogen (secondary N) is 3. The Balaban J connectivity index is 1.49. The Bertz CT molecular complexity index is 906. The number of anilines is 1. The third-order valence-corrected chi connectivity index (χ3v) is 5.16. The molecule has 0 aliphatic heterocycles. The third kappa shape index (κ3) is 5.67. The summed E-state index contributed by atoms with van der Waals surface area (Å²) in [7, 11) is 0. The van der Waals surface area contributed by atoms with Gasteiger partial charge in [-0.2, -0.15) is 0 Å². The smallest absolute Gasteiger partial charge is 0.251 e. The molecule has 3 rings (SSSR count). The van der Waals surface area contributed by atoms with E-state index in [0.717, 1.165) is 36.1 Å². The molecule has 1 aliphatic carbocycles. The van der Waals surface area contributed by atoms with E-state index in [1.54, 1.807) is 19.1 Å². The van der Waals surface area contributed by atoms with E-state index in [9.17, 15) is 14.4 Å². The van der Waals surface area contributed by atoms with Crippen LogP contribution in [0.5, 0.6) is 0 Å². The zero-order valence-corrected chi connectivity index (χ0v) is 16.8. The van der Waals surface area contributed by atoms with Crippen LogP contribution in [0.15, 0.2) is 48.5 Å². The summed E-state index contributed by atoms with van der Waals surface area (Å²) < 4.78 is 0. The van der Waals surface area contributed by atoms with Gasteiger partial charge in [-0.25, -0.2) is 0 Å². The number of carbonyl (C=O) groups excluding carboxylic acids is 3. The Kier molecular flexibility index (Phi) is 6.65. The molecule has 1 fully saturated rings. The van der Waals surface area contributed by atoms with E-state index in [1.165, 1.54) is 0 Å². The fourth-order valence-electron chi connectivity index (χ4n) is 3.15. The van der Waals surface area contributed by atoms with Gasteiger partial charge in [0, 0.05) is 23.7 Å². The highest BCUT2D eigenvalue weighted by atomic mass is 16.2. The highest BCUT2D eigenvalue weighted by Crippen LogP contribution is 2.27. The predicted octanol–water partition coefficient (Wildman–Crippen LogP) is 3.17. The highest BCUT2D eigenvalue weighted by molar-refractivity contribution is 5.97. The van der Waals surface area contributed by atoms with Crippen LogP contribution in [0.3, 0.4) is 0 Å². The topological polar surface area (TPSA) is 87.3 Å². The Hall–Kier alpha value is -3.15. The SMILES string of the molecule is Cc1cccc(C(=O)NC(C)C(=O)NCc2cccc(NC(=O)C3CCC3)c2)c1. The summed E-state index contributed by atoms with van der Waals surface area (Å²) in [6.07, 6.45) is 3.02. The highest BCUT2D eigenvalue weighted by Gasteiger charge is 2.25. The normalized spacial score (nSPS) is 14.4. The van der Waals surface area contributed by atoms with E-state index < -0.39 is 6.04 Å². The standard InChI is InChI=1S/C23H27N3O3/c1-15-6-3-10-19(12-15)23(29)25-16(2)21(27)24-14-17-7-4-11-20(13-17)26-22(28)18-8-5-9-18/h3-4,6-7,10-13,16,18H,5,8-9,14H2,1-2H3,(H,24,27)(H,25,29)(H,26,28). The number of carbonyl (C=O) groups is 3. The van der Waals surface area contributed by atoms with Crippen molar-refractivity contribution in [2.45, 2.75) is 45.7 Å². The molecule has 29 heavy (non-hydrogen) atoms. The van der Waals surface area contributed by atoms with Gasteiger partial charge >= 0.3 is 0 Å². The lowest BCUT2D eigenvalue weighted by Gasteiger charge is -2.24. The first-order valence-corrected chi connectivity index (χ1v) is 9.97. The lowest BCUT2D eigenvalue weighted by Crippen LogP contribution is -2.44. The van der Waals surface area contributed by atoms with Crippen molar-refractivity contribution >= 4 is 23.4 Å². The molecule has 1 aliphatic rings. The van der Waals surface area contributed by atoms with Gasteiger partial charge in [0.25, 0.3) is 5.91 Å². The molecule has 0 spiro atoms. The van der Waals surface area contributed by atoms with Crippen LogP contribution in [-0.4, -0.2) is 23.8 Å². The molecule has 152 valence electrons. The second-order valence-corrected chi connectivity index (χ2v) is 7.60. The van der Waals surface area contributed by atoms with Gasteiger partial charge in [0.1, 0.15) is 6.04 Å². The third-order valence-electron chi connectivity index (χ3n) is 5.16. The lowest BCUT2D eigenvalue weighted by molar-refractivity contribution is -0.123. The lowest BCUT2D eigenvalue weighted by atomic mass is 9.85. The molecular formula is C23H27N3O3. The van der Waals surface area contributed by atoms with Crippen molar-refractivity contribution in [1.29, 1.82) is 0 Å². The van der Waals surface area contributed by atoms with Gasteiger partial charge in [-0.15, -0.1) is 0 Å². The molecule has 0 saturated heterocycles. The van der Waals surface area contributed by atoms with Crippen LogP contribution >= 0.6 is 0 Å². The average Bonchev–Trinajstić information content (AvgIpc) is 2.64. The van der Waals surface area contributed by atoms with Gasteiger partial charge < -0.3 is 16.0 Å². The Morgan fingerprint density at radius 2 is 1.83 bits per heavy atom. The first kappa shape index (κ1) is 20.6. The van der Waals surface area contributed by atoms with Crippen LogP contribution in [0, 0.1) is 12.8 Å². The largest absolute Gasteiger partial charge is 0.350 e. The zero-order valence-electron chi connectivity index (χ0n) is 16.8. The van der Waals surface area contributed by atoms with Crippen molar-refractivity contribution in [3.63, 3.8) is 0 Å². The summed E-state index contributed by atoms with van der Waals surface area (Å²) in [5.74, 6) is -0.367. The molecule has 6 heteroatoms. The number of rotatable bonds is 7. The molecule has 0 heterocycles. The molecule has 2 aromatic rings. The van der Waals surface area contributed by atoms with Gasteiger partial charge in [0.15, 0.2) is 0 Å². The van der Waals surface area contributed by atoms with E-state index in [4.69, 9.17) is 0 Å². The molecule has 0 bridgehead atoms. The van der Waals surface area contributed by atoms with E-state index in [-0.39, 0.29) is 23.6 Å². The Labute approximate surface area is 171 Å². The fourth-order valence-corrected chi connectivity index (χ4v) is 3.15. The van der Waals surface area contributed by atoms with Gasteiger partial charge in [-0.05, 0) is 56.5 Å². The minimum absolute atomic E-state index is 0.0601. The van der Waals surface area contributed by atoms with Crippen LogP contribution in [0.1, 0.15) is 47.7 Å². The van der Waals surface area contributed by atoms with Crippen molar-refractivity contribution < 1.29 is 14.4 Å². The van der Waals surface area contributed by atoms with Crippen LogP contribution in [0.25, 0.3) is 0 Å². The number of amides is 3. The van der Waals surface area contributed by atoms with Crippen molar-refractivity contribution in [2.75, 3.05) is 5.32 Å². The van der Waals surface area contributed by atoms with Crippen molar-refractivity contribution in [3.05, 3.63) is 65.2 Å². The second kappa shape index (κ2) is 9.37. The summed E-state index contributed by atoms with van der Waals surface area (Å²) in [5, 5.41) is 8.48. The van der Waals surface area contributed by atoms with Crippen molar-refractivity contribution in [2.24, 2.45) is 5.92 Å². The monoisotopic (exact) mass is 393 g/mol. The van der Waals surface area contributed by atoms with E-state index >= 15 is 0 Å². The first-order chi connectivity index (χ1) is 13.9. The summed E-state index contributed by atoms with van der Waals surface area (Å²) >= 11 is 0. The number of benzene rings is 2. The second-order valence-electron chi connectivity index (χ2n) is 7.60. The molecular weight excluding hydrogens is 366 g/mol. The van der Waals surface area contributed by atoms with E-state index in [2.05, 4.69) is 16.0 Å². The molecule has 0 aromatic heterocycles. The number of hydrogen-bond donors (Lipinski definition) is 3. The first-order valence-electron chi connectivity index (χ1n) is 9.97. The van der Waals surface area contributed by atoms with Gasteiger partial charge in [0.2, 0.25) is 11.8 Å². The molecule has 3 amide bonds. The molecule has 2 aromatic carbocycles. The summed E-state index contributed by atoms with van der Waals surface area (Å²) in [6.45, 7) is 3.88. The van der Waals surface area contributed by atoms with Crippen molar-refractivity contribution in [1.82, 2.24) is 10.6 Å². The van der Waals surface area contributed by atoms with Crippen LogP contribution < -0.4 is 16.0 Å². The van der Waals surface area contributed by atoms with Gasteiger partial charge in [-0.1, -0.05) is 36.2 Å².